The SMILES string of the molecule is CC1(C(=O)Nc2nc(-c3ccc(F)c4ccccc34)cs2)CC2c3ccccc3C1CC21OCCO1.CC1(C(=O)O)CC2c3ccccc3C1CC21OCCO1. The van der Waals surface area contributed by atoms with Gasteiger partial charge in [0.05, 0.1) is 43.0 Å². The van der Waals surface area contributed by atoms with E-state index in [1.165, 1.54) is 39.7 Å². The third-order valence-corrected chi connectivity index (χ3v) is 14.5. The Kier molecular flexibility index (Phi) is 8.33. The molecule has 2 N–H and O–H groups in total. The van der Waals surface area contributed by atoms with E-state index in [9.17, 15) is 19.1 Å². The van der Waals surface area contributed by atoms with Crippen LogP contribution in [0, 0.1) is 16.6 Å². The number of ether oxygens (including phenoxy) is 4. The first kappa shape index (κ1) is 35.9. The molecule has 2 spiro atoms. The molecule has 4 aromatic carbocycles. The molecule has 1 amide bonds. The van der Waals surface area contributed by atoms with Crippen LogP contribution in [0.5, 0.6) is 0 Å². The Morgan fingerprint density at radius 3 is 1.71 bits per heavy atom. The molecule has 8 aliphatic rings. The van der Waals surface area contributed by atoms with Crippen LogP contribution in [-0.2, 0) is 28.5 Å². The summed E-state index contributed by atoms with van der Waals surface area (Å²) in [5, 5.41) is 16.6. The van der Waals surface area contributed by atoms with E-state index in [0.717, 1.165) is 16.6 Å². The fourth-order valence-corrected chi connectivity index (χ4v) is 11.6. The number of hydrogen-bond donors (Lipinski definition) is 2. The van der Waals surface area contributed by atoms with Crippen LogP contribution in [0.1, 0.15) is 85.5 Å². The Bertz CT molecular complexity index is 2390. The van der Waals surface area contributed by atoms with Crippen molar-refractivity contribution in [1.29, 1.82) is 0 Å². The van der Waals surface area contributed by atoms with Crippen LogP contribution in [0.2, 0.25) is 0 Å². The number of anilines is 1. The van der Waals surface area contributed by atoms with Crippen molar-refractivity contribution < 1.29 is 38.0 Å². The summed E-state index contributed by atoms with van der Waals surface area (Å²) in [5.41, 5.74) is 5.06. The van der Waals surface area contributed by atoms with Gasteiger partial charge in [-0.05, 0) is 59.5 Å². The van der Waals surface area contributed by atoms with Crippen LogP contribution in [0.15, 0.2) is 90.3 Å². The zero-order valence-electron chi connectivity index (χ0n) is 31.3. The quantitative estimate of drug-likeness (QED) is 0.186. The lowest BCUT2D eigenvalue weighted by Crippen LogP contribution is -2.56. The lowest BCUT2D eigenvalue weighted by atomic mass is 9.52. The molecule has 6 unspecified atom stereocenters. The summed E-state index contributed by atoms with van der Waals surface area (Å²) in [6, 6.07) is 27.1. The zero-order chi connectivity index (χ0) is 38.5. The van der Waals surface area contributed by atoms with E-state index < -0.39 is 28.4 Å². The minimum atomic E-state index is -0.723. The van der Waals surface area contributed by atoms with Gasteiger partial charge < -0.3 is 29.4 Å². The summed E-state index contributed by atoms with van der Waals surface area (Å²) < 4.78 is 38.5. The summed E-state index contributed by atoms with van der Waals surface area (Å²) in [6.07, 6.45) is 2.56. The number of aliphatic carboxylic acids is 1. The predicted octanol–water partition coefficient (Wildman–Crippen LogP) is 8.96. The van der Waals surface area contributed by atoms with Gasteiger partial charge in [0.25, 0.3) is 0 Å². The number of carboxylic acid groups (broad SMARTS) is 1. The highest BCUT2D eigenvalue weighted by Crippen LogP contribution is 2.65. The number of halogens is 1. The van der Waals surface area contributed by atoms with Crippen LogP contribution in [0.4, 0.5) is 9.52 Å². The van der Waals surface area contributed by atoms with Crippen molar-refractivity contribution >= 4 is 39.1 Å². The Hall–Kier alpha value is -4.52. The molecule has 4 bridgehead atoms. The standard InChI is InChI=1S/C29H25FN2O3S.C16H18O4/c1-28(14-23-19-8-4-3-7-18(19)22(28)15-29(23)34-12-13-35-29)26(33)32-27-31-25(16-36-27)21-10-11-24(30)20-9-5-2-6-17(20)21;1-15(14(17)18)8-13-11-5-3-2-4-10(11)12(15)9-16(13)19-6-7-20-16/h2-11,16,22-23H,12-15H2,1H3,(H,31,32,33);2-5,12-13H,6-9H2,1H3,(H,17,18). The highest BCUT2D eigenvalue weighted by atomic mass is 32.1. The third-order valence-electron chi connectivity index (χ3n) is 13.8. The van der Waals surface area contributed by atoms with Crippen LogP contribution >= 0.6 is 11.3 Å². The molecule has 9 nitrogen and oxygen atoms in total. The van der Waals surface area contributed by atoms with Gasteiger partial charge in [0.15, 0.2) is 16.7 Å². The molecule has 288 valence electrons. The molecular formula is C45H43FN2O7S. The molecule has 13 rings (SSSR count). The predicted molar refractivity (Wildman–Crippen MR) is 209 cm³/mol. The number of nitrogens with one attached hydrogen (secondary N) is 1. The molecule has 3 heterocycles. The summed E-state index contributed by atoms with van der Waals surface area (Å²) in [7, 11) is 0. The van der Waals surface area contributed by atoms with Crippen LogP contribution < -0.4 is 5.32 Å². The number of thiazole rings is 1. The molecule has 11 heteroatoms. The third kappa shape index (κ3) is 5.27. The smallest absolute Gasteiger partial charge is 0.310 e. The molecule has 56 heavy (non-hydrogen) atoms. The van der Waals surface area contributed by atoms with Gasteiger partial charge in [-0.15, -0.1) is 11.3 Å². The van der Waals surface area contributed by atoms with Crippen LogP contribution in [-0.4, -0.2) is 60.0 Å². The first-order valence-electron chi connectivity index (χ1n) is 19.5. The van der Waals surface area contributed by atoms with Gasteiger partial charge in [-0.2, -0.15) is 0 Å². The van der Waals surface area contributed by atoms with E-state index in [0.29, 0.717) is 62.6 Å². The Morgan fingerprint density at radius 2 is 1.16 bits per heavy atom. The van der Waals surface area contributed by atoms with Gasteiger partial charge in [-0.1, -0.05) is 79.7 Å². The van der Waals surface area contributed by atoms with Gasteiger partial charge in [0.2, 0.25) is 5.91 Å². The van der Waals surface area contributed by atoms with Crippen molar-refractivity contribution in [3.8, 4) is 11.3 Å². The minimum absolute atomic E-state index is 0.00869. The number of benzene rings is 4. The topological polar surface area (TPSA) is 116 Å². The largest absolute Gasteiger partial charge is 0.481 e. The summed E-state index contributed by atoms with van der Waals surface area (Å²) in [6.45, 7) is 6.32. The molecule has 2 saturated heterocycles. The second-order valence-electron chi connectivity index (χ2n) is 16.6. The molecule has 6 aliphatic carbocycles. The number of nitrogens with zero attached hydrogens (tertiary/aromatic N) is 1. The Morgan fingerprint density at radius 1 is 0.679 bits per heavy atom. The van der Waals surface area contributed by atoms with E-state index in [1.54, 1.807) is 12.1 Å². The average Bonchev–Trinajstić information content (AvgIpc) is 4.00. The van der Waals surface area contributed by atoms with Crippen molar-refractivity contribution in [3.05, 3.63) is 118 Å². The van der Waals surface area contributed by atoms with Gasteiger partial charge in [0.1, 0.15) is 5.82 Å². The maximum absolute atomic E-state index is 14.3. The number of hydrogen-bond acceptors (Lipinski definition) is 8. The first-order valence-corrected chi connectivity index (χ1v) is 20.3. The van der Waals surface area contributed by atoms with Crippen molar-refractivity contribution in [2.75, 3.05) is 31.7 Å². The van der Waals surface area contributed by atoms with Gasteiger partial charge >= 0.3 is 5.97 Å². The monoisotopic (exact) mass is 774 g/mol. The molecule has 0 radical (unpaired) electrons. The molecule has 1 aromatic heterocycles. The van der Waals surface area contributed by atoms with Gasteiger partial charge in [-0.3, -0.25) is 9.59 Å². The highest BCUT2D eigenvalue weighted by Gasteiger charge is 2.64. The summed E-state index contributed by atoms with van der Waals surface area (Å²) in [5.74, 6) is -2.25. The molecule has 4 fully saturated rings. The summed E-state index contributed by atoms with van der Waals surface area (Å²) >= 11 is 1.39. The molecule has 5 aromatic rings. The van der Waals surface area contributed by atoms with E-state index >= 15 is 0 Å². The number of aromatic nitrogens is 1. The fourth-order valence-electron chi connectivity index (χ4n) is 10.9. The van der Waals surface area contributed by atoms with E-state index in [4.69, 9.17) is 23.9 Å². The van der Waals surface area contributed by atoms with E-state index in [1.807, 2.05) is 48.7 Å². The van der Waals surface area contributed by atoms with Gasteiger partial charge in [-0.25, -0.2) is 9.37 Å². The number of fused-ring (bicyclic) bond motifs is 3. The molecular weight excluding hydrogens is 732 g/mol. The lowest BCUT2D eigenvalue weighted by Gasteiger charge is -2.56. The second kappa shape index (κ2) is 13.0. The zero-order valence-corrected chi connectivity index (χ0v) is 32.1. The lowest BCUT2D eigenvalue weighted by molar-refractivity contribution is -0.220. The normalized spacial score (nSPS) is 29.8. The Labute approximate surface area is 328 Å². The Balaban J connectivity index is 0.000000162. The highest BCUT2D eigenvalue weighted by molar-refractivity contribution is 7.14. The number of carbonyl (C=O) groups excluding carboxylic acids is 1. The van der Waals surface area contributed by atoms with Crippen LogP contribution in [0.25, 0.3) is 22.0 Å². The molecule has 2 saturated carbocycles. The molecule has 2 aliphatic heterocycles. The van der Waals surface area contributed by atoms with Crippen molar-refractivity contribution in [3.63, 3.8) is 0 Å². The maximum atomic E-state index is 14.3. The number of rotatable bonds is 4. The number of amides is 1. The van der Waals surface area contributed by atoms with E-state index in [2.05, 4.69) is 42.6 Å². The van der Waals surface area contributed by atoms with Crippen molar-refractivity contribution in [2.45, 2.75) is 74.8 Å². The van der Waals surface area contributed by atoms with Crippen LogP contribution in [0.3, 0.4) is 0 Å². The summed E-state index contributed by atoms with van der Waals surface area (Å²) in [4.78, 5) is 30.3. The van der Waals surface area contributed by atoms with E-state index in [-0.39, 0.29) is 35.4 Å². The maximum Gasteiger partial charge on any atom is 0.310 e. The van der Waals surface area contributed by atoms with Gasteiger partial charge in [0, 0.05) is 52.8 Å². The van der Waals surface area contributed by atoms with Crippen molar-refractivity contribution in [1.82, 2.24) is 4.98 Å². The average molecular weight is 775 g/mol. The van der Waals surface area contributed by atoms with Crippen molar-refractivity contribution in [2.24, 2.45) is 10.8 Å². The minimum Gasteiger partial charge on any atom is -0.481 e. The molecule has 6 atom stereocenters. The second-order valence-corrected chi connectivity index (χ2v) is 17.4. The number of carboxylic acids is 1. The fraction of sp³-hybridized carbons (Fsp3) is 0.400. The first-order chi connectivity index (χ1) is 27.1. The number of carbonyl (C=O) groups is 2.